The van der Waals surface area contributed by atoms with Gasteiger partial charge >= 0.3 is 0 Å². The predicted molar refractivity (Wildman–Crippen MR) is 100 cm³/mol. The monoisotopic (exact) mass is 299 g/mol. The number of nitrogens with one attached hydrogen (secondary N) is 1. The number of hydrogen-bond donors (Lipinski definition) is 1. The molecule has 0 saturated carbocycles. The molecule has 0 heterocycles. The van der Waals surface area contributed by atoms with Crippen LogP contribution in [0.1, 0.15) is 22.3 Å². The number of hydrogen-bond acceptors (Lipinski definition) is 1. The highest BCUT2D eigenvalue weighted by atomic mass is 14.9. The molecule has 0 spiro atoms. The molecule has 1 N–H and O–H groups in total. The van der Waals surface area contributed by atoms with Crippen LogP contribution in [0.25, 0.3) is 12.2 Å². The van der Waals surface area contributed by atoms with Gasteiger partial charge in [0.05, 0.1) is 0 Å². The van der Waals surface area contributed by atoms with Gasteiger partial charge in [0.1, 0.15) is 0 Å². The highest BCUT2D eigenvalue weighted by molar-refractivity contribution is 5.71. The van der Waals surface area contributed by atoms with Crippen LogP contribution in [0.5, 0.6) is 0 Å². The summed E-state index contributed by atoms with van der Waals surface area (Å²) in [6.07, 6.45) is 4.37. The molecular weight excluding hydrogens is 278 g/mol. The largest absolute Gasteiger partial charge is 0.381 e. The zero-order chi connectivity index (χ0) is 15.9. The fourth-order valence-electron chi connectivity index (χ4n) is 2.53. The number of aryl methyl sites for hydroxylation is 1. The van der Waals surface area contributed by atoms with Gasteiger partial charge in [0.15, 0.2) is 0 Å². The molecule has 0 bridgehead atoms. The zero-order valence-electron chi connectivity index (χ0n) is 13.4. The Bertz CT molecular complexity index is 774. The summed E-state index contributed by atoms with van der Waals surface area (Å²) in [4.78, 5) is 0. The fraction of sp³-hybridized carbons (Fsp3) is 0.0909. The lowest BCUT2D eigenvalue weighted by molar-refractivity contribution is 1.14. The third-order valence-electron chi connectivity index (χ3n) is 3.81. The first-order valence-electron chi connectivity index (χ1n) is 7.93. The van der Waals surface area contributed by atoms with Crippen molar-refractivity contribution in [3.05, 3.63) is 101 Å². The molecular formula is C22H21N. The minimum Gasteiger partial charge on any atom is -0.381 e. The van der Waals surface area contributed by atoms with Gasteiger partial charge in [-0.25, -0.2) is 0 Å². The smallest absolute Gasteiger partial charge is 0.0406 e. The molecule has 1 nitrogen and oxygen atoms in total. The average Bonchev–Trinajstić information content (AvgIpc) is 2.61. The van der Waals surface area contributed by atoms with Gasteiger partial charge in [-0.3, -0.25) is 0 Å². The molecule has 0 fully saturated rings. The van der Waals surface area contributed by atoms with E-state index in [1.54, 1.807) is 0 Å². The number of benzene rings is 3. The van der Waals surface area contributed by atoms with Crippen LogP contribution < -0.4 is 5.32 Å². The van der Waals surface area contributed by atoms with E-state index in [0.29, 0.717) is 0 Å². The van der Waals surface area contributed by atoms with Crippen LogP contribution in [0, 0.1) is 6.92 Å². The van der Waals surface area contributed by atoms with E-state index >= 15 is 0 Å². The van der Waals surface area contributed by atoms with E-state index in [1.807, 2.05) is 24.3 Å². The Balaban J connectivity index is 1.79. The van der Waals surface area contributed by atoms with Crippen molar-refractivity contribution in [1.29, 1.82) is 0 Å². The van der Waals surface area contributed by atoms with Crippen LogP contribution in [0.3, 0.4) is 0 Å². The van der Waals surface area contributed by atoms with Crippen molar-refractivity contribution in [2.45, 2.75) is 13.5 Å². The maximum absolute atomic E-state index is 3.49. The third kappa shape index (κ3) is 4.33. The second kappa shape index (κ2) is 7.46. The Labute approximate surface area is 138 Å². The van der Waals surface area contributed by atoms with Crippen LogP contribution in [0.2, 0.25) is 0 Å². The highest BCUT2D eigenvalue weighted by Crippen LogP contribution is 2.17. The molecule has 3 aromatic rings. The van der Waals surface area contributed by atoms with E-state index in [-0.39, 0.29) is 0 Å². The van der Waals surface area contributed by atoms with Gasteiger partial charge in [-0.2, -0.15) is 0 Å². The van der Waals surface area contributed by atoms with Gasteiger partial charge in [-0.15, -0.1) is 0 Å². The van der Waals surface area contributed by atoms with E-state index in [0.717, 1.165) is 12.2 Å². The molecule has 3 rings (SSSR count). The molecule has 0 aliphatic carbocycles. The highest BCUT2D eigenvalue weighted by Gasteiger charge is 2.01. The van der Waals surface area contributed by atoms with Gasteiger partial charge in [0.25, 0.3) is 0 Å². The maximum Gasteiger partial charge on any atom is 0.0406 e. The summed E-state index contributed by atoms with van der Waals surface area (Å²) in [6, 6.07) is 27.3. The van der Waals surface area contributed by atoms with Crippen LogP contribution in [-0.2, 0) is 6.54 Å². The van der Waals surface area contributed by atoms with E-state index in [1.165, 1.54) is 22.3 Å². The molecule has 0 amide bonds. The first-order valence-corrected chi connectivity index (χ1v) is 7.93. The quantitative estimate of drug-likeness (QED) is 0.589. The first-order chi connectivity index (χ1) is 11.3. The standard InChI is InChI=1S/C22H21N/c1-18-12-14-21(17-23-22-10-6-3-7-11-22)20(16-18)15-13-19-8-4-2-5-9-19/h2-16,23H,17H2,1H3/b15-13+. The summed E-state index contributed by atoms with van der Waals surface area (Å²) in [5.74, 6) is 0. The fourth-order valence-corrected chi connectivity index (χ4v) is 2.53. The molecule has 0 atom stereocenters. The van der Waals surface area contributed by atoms with E-state index in [9.17, 15) is 0 Å². The van der Waals surface area contributed by atoms with Crippen molar-refractivity contribution in [2.75, 3.05) is 5.32 Å². The Kier molecular flexibility index (Phi) is 4.90. The van der Waals surface area contributed by atoms with Crippen molar-refractivity contribution in [3.8, 4) is 0 Å². The number of para-hydroxylation sites is 1. The molecule has 0 aliphatic rings. The predicted octanol–water partition coefficient (Wildman–Crippen LogP) is 5.78. The van der Waals surface area contributed by atoms with Gasteiger partial charge in [-0.1, -0.05) is 84.4 Å². The molecule has 0 aromatic heterocycles. The zero-order valence-corrected chi connectivity index (χ0v) is 13.4. The SMILES string of the molecule is Cc1ccc(CNc2ccccc2)c(/C=C/c2ccccc2)c1. The van der Waals surface area contributed by atoms with E-state index in [2.05, 4.69) is 79.0 Å². The molecule has 114 valence electrons. The molecule has 3 aromatic carbocycles. The molecule has 0 saturated heterocycles. The van der Waals surface area contributed by atoms with Gasteiger partial charge < -0.3 is 5.32 Å². The minimum absolute atomic E-state index is 0.818. The molecule has 1 heteroatoms. The van der Waals surface area contributed by atoms with Gasteiger partial charge in [-0.05, 0) is 35.7 Å². The topological polar surface area (TPSA) is 12.0 Å². The summed E-state index contributed by atoms with van der Waals surface area (Å²) in [7, 11) is 0. The van der Waals surface area contributed by atoms with Crippen molar-refractivity contribution in [1.82, 2.24) is 0 Å². The third-order valence-corrected chi connectivity index (χ3v) is 3.81. The molecule has 0 aliphatic heterocycles. The van der Waals surface area contributed by atoms with Crippen LogP contribution in [-0.4, -0.2) is 0 Å². The van der Waals surface area contributed by atoms with Crippen LogP contribution in [0.4, 0.5) is 5.69 Å². The summed E-state index contributed by atoms with van der Waals surface area (Å²) in [5, 5.41) is 3.49. The van der Waals surface area contributed by atoms with E-state index in [4.69, 9.17) is 0 Å². The summed E-state index contributed by atoms with van der Waals surface area (Å²) < 4.78 is 0. The van der Waals surface area contributed by atoms with Crippen molar-refractivity contribution in [3.63, 3.8) is 0 Å². The molecule has 0 radical (unpaired) electrons. The van der Waals surface area contributed by atoms with Gasteiger partial charge in [0.2, 0.25) is 0 Å². The first kappa shape index (κ1) is 15.1. The number of rotatable bonds is 5. The van der Waals surface area contributed by atoms with Crippen LogP contribution in [0.15, 0.2) is 78.9 Å². The van der Waals surface area contributed by atoms with Crippen molar-refractivity contribution < 1.29 is 0 Å². The lowest BCUT2D eigenvalue weighted by atomic mass is 10.0. The Morgan fingerprint density at radius 2 is 1.48 bits per heavy atom. The summed E-state index contributed by atoms with van der Waals surface area (Å²) in [6.45, 7) is 2.95. The normalized spacial score (nSPS) is 10.8. The van der Waals surface area contributed by atoms with Crippen molar-refractivity contribution in [2.24, 2.45) is 0 Å². The van der Waals surface area contributed by atoms with Crippen molar-refractivity contribution >= 4 is 17.8 Å². The second-order valence-electron chi connectivity index (χ2n) is 5.67. The Morgan fingerprint density at radius 3 is 2.22 bits per heavy atom. The Hall–Kier alpha value is -2.80. The summed E-state index contributed by atoms with van der Waals surface area (Å²) in [5.41, 5.74) is 6.20. The Morgan fingerprint density at radius 1 is 0.783 bits per heavy atom. The van der Waals surface area contributed by atoms with Crippen LogP contribution >= 0.6 is 0 Å². The summed E-state index contributed by atoms with van der Waals surface area (Å²) >= 11 is 0. The van der Waals surface area contributed by atoms with E-state index < -0.39 is 0 Å². The maximum atomic E-state index is 3.49. The number of anilines is 1. The lowest BCUT2D eigenvalue weighted by Gasteiger charge is -2.10. The lowest BCUT2D eigenvalue weighted by Crippen LogP contribution is -2.01. The van der Waals surface area contributed by atoms with Gasteiger partial charge in [0, 0.05) is 12.2 Å². The minimum atomic E-state index is 0.818. The molecule has 0 unspecified atom stereocenters. The molecule has 23 heavy (non-hydrogen) atoms. The average molecular weight is 299 g/mol. The second-order valence-corrected chi connectivity index (χ2v) is 5.67.